The first kappa shape index (κ1) is 26.6. The maximum absolute atomic E-state index is 11.1. The SMILES string of the molecule is CCCCCN(Cc1ccc(C=O)cc1)Cc1c(-c2ccc(C)cc2)nc(-c2ccccc2)n1CCC. The molecule has 0 N–H and O–H groups in total. The highest BCUT2D eigenvalue weighted by molar-refractivity contribution is 5.74. The summed E-state index contributed by atoms with van der Waals surface area (Å²) in [7, 11) is 0. The topological polar surface area (TPSA) is 38.1 Å². The van der Waals surface area contributed by atoms with E-state index in [1.54, 1.807) is 0 Å². The number of aromatic nitrogens is 2. The van der Waals surface area contributed by atoms with Crippen LogP contribution in [0.3, 0.4) is 0 Å². The number of rotatable bonds is 13. The van der Waals surface area contributed by atoms with Gasteiger partial charge in [0, 0.05) is 36.3 Å². The highest BCUT2D eigenvalue weighted by Gasteiger charge is 2.21. The standard InChI is InChI=1S/C33H39N3O/c1-4-6-10-22-35(23-27-15-17-28(25-37)18-16-27)24-31-32(29-19-13-26(3)14-20-29)34-33(36(31)21-5-2)30-11-8-7-9-12-30/h7-9,11-20,25H,4-6,10,21-24H2,1-3H3. The molecule has 192 valence electrons. The van der Waals surface area contributed by atoms with Gasteiger partial charge in [0.25, 0.3) is 0 Å². The molecule has 0 amide bonds. The molecule has 0 saturated carbocycles. The number of nitrogens with zero attached hydrogens (tertiary/aromatic N) is 3. The largest absolute Gasteiger partial charge is 0.326 e. The van der Waals surface area contributed by atoms with Gasteiger partial charge >= 0.3 is 0 Å². The summed E-state index contributed by atoms with van der Waals surface area (Å²) in [6.45, 7) is 10.2. The van der Waals surface area contributed by atoms with E-state index in [2.05, 4.69) is 97.0 Å². The van der Waals surface area contributed by atoms with Gasteiger partial charge in [0.05, 0.1) is 11.4 Å². The average molecular weight is 494 g/mol. The van der Waals surface area contributed by atoms with Crippen LogP contribution in [-0.2, 0) is 19.6 Å². The van der Waals surface area contributed by atoms with Crippen LogP contribution in [0.25, 0.3) is 22.6 Å². The van der Waals surface area contributed by atoms with Gasteiger partial charge in [-0.15, -0.1) is 0 Å². The summed E-state index contributed by atoms with van der Waals surface area (Å²) >= 11 is 0. The lowest BCUT2D eigenvalue weighted by molar-refractivity contribution is 0.112. The van der Waals surface area contributed by atoms with E-state index in [0.717, 1.165) is 73.5 Å². The fourth-order valence-electron chi connectivity index (χ4n) is 4.83. The summed E-state index contributed by atoms with van der Waals surface area (Å²) in [4.78, 5) is 19.0. The zero-order valence-corrected chi connectivity index (χ0v) is 22.5. The quantitative estimate of drug-likeness (QED) is 0.140. The molecule has 0 atom stereocenters. The highest BCUT2D eigenvalue weighted by atomic mass is 16.1. The lowest BCUT2D eigenvalue weighted by atomic mass is 10.1. The lowest BCUT2D eigenvalue weighted by Crippen LogP contribution is -2.26. The lowest BCUT2D eigenvalue weighted by Gasteiger charge is -2.24. The molecule has 0 fully saturated rings. The number of carbonyl (C=O) groups excluding carboxylic acids is 1. The van der Waals surface area contributed by atoms with Crippen LogP contribution in [0.1, 0.15) is 66.7 Å². The zero-order chi connectivity index (χ0) is 26.0. The maximum atomic E-state index is 11.1. The van der Waals surface area contributed by atoms with Gasteiger partial charge in [-0.05, 0) is 31.9 Å². The van der Waals surface area contributed by atoms with Gasteiger partial charge in [0.2, 0.25) is 0 Å². The molecule has 0 bridgehead atoms. The summed E-state index contributed by atoms with van der Waals surface area (Å²) < 4.78 is 2.44. The van der Waals surface area contributed by atoms with Crippen molar-refractivity contribution in [1.29, 1.82) is 0 Å². The van der Waals surface area contributed by atoms with Crippen LogP contribution in [0.15, 0.2) is 78.9 Å². The van der Waals surface area contributed by atoms with Gasteiger partial charge in [0.1, 0.15) is 12.1 Å². The van der Waals surface area contributed by atoms with E-state index in [1.807, 2.05) is 12.1 Å². The van der Waals surface area contributed by atoms with Crippen LogP contribution in [-0.4, -0.2) is 27.3 Å². The third-order valence-corrected chi connectivity index (χ3v) is 6.85. The summed E-state index contributed by atoms with van der Waals surface area (Å²) in [6.07, 6.45) is 5.53. The number of unbranched alkanes of at least 4 members (excludes halogenated alkanes) is 2. The smallest absolute Gasteiger partial charge is 0.150 e. The van der Waals surface area contributed by atoms with Crippen LogP contribution >= 0.6 is 0 Å². The summed E-state index contributed by atoms with van der Waals surface area (Å²) in [5, 5.41) is 0. The van der Waals surface area contributed by atoms with Crippen molar-refractivity contribution < 1.29 is 4.79 Å². The minimum Gasteiger partial charge on any atom is -0.326 e. The number of carbonyl (C=O) groups is 1. The Morgan fingerprint density at radius 1 is 0.811 bits per heavy atom. The van der Waals surface area contributed by atoms with Crippen molar-refractivity contribution in [2.24, 2.45) is 0 Å². The monoisotopic (exact) mass is 493 g/mol. The number of hydrogen-bond acceptors (Lipinski definition) is 3. The molecule has 0 radical (unpaired) electrons. The normalized spacial score (nSPS) is 11.2. The van der Waals surface area contributed by atoms with Crippen LogP contribution in [0, 0.1) is 6.92 Å². The predicted molar refractivity (Wildman–Crippen MR) is 154 cm³/mol. The molecule has 4 nitrogen and oxygen atoms in total. The first-order valence-electron chi connectivity index (χ1n) is 13.6. The molecule has 3 aromatic carbocycles. The zero-order valence-electron chi connectivity index (χ0n) is 22.5. The third kappa shape index (κ3) is 6.84. The Bertz CT molecular complexity index is 1260. The Hall–Kier alpha value is -3.50. The second-order valence-electron chi connectivity index (χ2n) is 9.89. The van der Waals surface area contributed by atoms with Crippen LogP contribution in [0.2, 0.25) is 0 Å². The van der Waals surface area contributed by atoms with Crippen LogP contribution < -0.4 is 0 Å². The molecule has 0 aliphatic carbocycles. The van der Waals surface area contributed by atoms with Gasteiger partial charge in [-0.2, -0.15) is 0 Å². The highest BCUT2D eigenvalue weighted by Crippen LogP contribution is 2.31. The van der Waals surface area contributed by atoms with Gasteiger partial charge in [-0.3, -0.25) is 9.69 Å². The minimum absolute atomic E-state index is 0.719. The number of imidazole rings is 1. The van der Waals surface area contributed by atoms with Gasteiger partial charge < -0.3 is 4.57 Å². The maximum Gasteiger partial charge on any atom is 0.150 e. The predicted octanol–water partition coefficient (Wildman–Crippen LogP) is 7.94. The second-order valence-corrected chi connectivity index (χ2v) is 9.89. The minimum atomic E-state index is 0.719. The van der Waals surface area contributed by atoms with E-state index < -0.39 is 0 Å². The summed E-state index contributed by atoms with van der Waals surface area (Å²) in [5.74, 6) is 1.04. The molecule has 0 spiro atoms. The van der Waals surface area contributed by atoms with E-state index in [4.69, 9.17) is 4.98 Å². The van der Waals surface area contributed by atoms with Crippen molar-refractivity contribution >= 4 is 6.29 Å². The van der Waals surface area contributed by atoms with E-state index in [1.165, 1.54) is 29.7 Å². The summed E-state index contributed by atoms with van der Waals surface area (Å²) in [6, 6.07) is 27.3. The van der Waals surface area contributed by atoms with Crippen molar-refractivity contribution in [3.63, 3.8) is 0 Å². The fourth-order valence-corrected chi connectivity index (χ4v) is 4.83. The number of benzene rings is 3. The van der Waals surface area contributed by atoms with Crippen molar-refractivity contribution in [3.8, 4) is 22.6 Å². The Kier molecular flexibility index (Phi) is 9.45. The number of hydrogen-bond donors (Lipinski definition) is 0. The van der Waals surface area contributed by atoms with E-state index >= 15 is 0 Å². The van der Waals surface area contributed by atoms with Crippen LogP contribution in [0.5, 0.6) is 0 Å². The first-order valence-corrected chi connectivity index (χ1v) is 13.6. The molecular weight excluding hydrogens is 454 g/mol. The van der Waals surface area contributed by atoms with Crippen LogP contribution in [0.4, 0.5) is 0 Å². The van der Waals surface area contributed by atoms with Crippen molar-refractivity contribution in [2.45, 2.75) is 66.1 Å². The van der Waals surface area contributed by atoms with Gasteiger partial charge in [-0.25, -0.2) is 4.98 Å². The Balaban J connectivity index is 1.77. The van der Waals surface area contributed by atoms with Crippen molar-refractivity contribution in [1.82, 2.24) is 14.5 Å². The Morgan fingerprint density at radius 3 is 2.19 bits per heavy atom. The molecular formula is C33H39N3O. The first-order chi connectivity index (χ1) is 18.1. The van der Waals surface area contributed by atoms with E-state index in [0.29, 0.717) is 0 Å². The molecule has 4 aromatic rings. The molecule has 1 heterocycles. The fraction of sp³-hybridized carbons (Fsp3) is 0.333. The van der Waals surface area contributed by atoms with Crippen molar-refractivity contribution in [3.05, 3.63) is 101 Å². The average Bonchev–Trinajstić information content (AvgIpc) is 3.28. The number of aldehydes is 1. The second kappa shape index (κ2) is 13.2. The Morgan fingerprint density at radius 2 is 1.54 bits per heavy atom. The molecule has 37 heavy (non-hydrogen) atoms. The molecule has 4 heteroatoms. The summed E-state index contributed by atoms with van der Waals surface area (Å²) in [5.41, 5.74) is 7.85. The van der Waals surface area contributed by atoms with Gasteiger partial charge in [-0.1, -0.05) is 111 Å². The van der Waals surface area contributed by atoms with Crippen molar-refractivity contribution in [2.75, 3.05) is 6.54 Å². The molecule has 1 aromatic heterocycles. The molecule has 0 unspecified atom stereocenters. The molecule has 0 aliphatic rings. The Labute approximate surface area is 222 Å². The van der Waals surface area contributed by atoms with E-state index in [9.17, 15) is 4.79 Å². The molecule has 4 rings (SSSR count). The van der Waals surface area contributed by atoms with E-state index in [-0.39, 0.29) is 0 Å². The third-order valence-electron chi connectivity index (χ3n) is 6.85. The molecule has 0 saturated heterocycles. The molecule has 0 aliphatic heterocycles. The van der Waals surface area contributed by atoms with Gasteiger partial charge in [0.15, 0.2) is 0 Å². The number of aryl methyl sites for hydroxylation is 1.